The molecule has 3 rings (SSSR count). The first-order valence-corrected chi connectivity index (χ1v) is 8.69. The number of H-pyrrole nitrogens is 2. The largest absolute Gasteiger partial charge is 0.315 e. The lowest BCUT2D eigenvalue weighted by Crippen LogP contribution is -2.48. The SMILES string of the molecule is Cl.Cl.O=c1[nH]/c(=C(\Br)c2ccccc2)c(=O)[nH]/c1=C(\Br)c1ccccc1. The zero-order chi connectivity index (χ0) is 17.1. The molecule has 1 heterocycles. The summed E-state index contributed by atoms with van der Waals surface area (Å²) >= 11 is 6.79. The predicted molar refractivity (Wildman–Crippen MR) is 117 cm³/mol. The Morgan fingerprint density at radius 1 is 0.615 bits per heavy atom. The molecule has 2 aromatic carbocycles. The number of hydrogen-bond acceptors (Lipinski definition) is 2. The molecule has 0 aliphatic carbocycles. The minimum Gasteiger partial charge on any atom is -0.315 e. The van der Waals surface area contributed by atoms with Crippen LogP contribution in [0, 0.1) is 0 Å². The Hall–Kier alpha value is -1.60. The van der Waals surface area contributed by atoms with Gasteiger partial charge in [0, 0.05) is 0 Å². The number of hydrogen-bond donors (Lipinski definition) is 2. The second-order valence-electron chi connectivity index (χ2n) is 5.02. The third-order valence-electron chi connectivity index (χ3n) is 3.42. The van der Waals surface area contributed by atoms with Crippen molar-refractivity contribution in [1.29, 1.82) is 0 Å². The summed E-state index contributed by atoms with van der Waals surface area (Å²) in [5, 5.41) is 0.367. The molecule has 0 saturated heterocycles. The highest BCUT2D eigenvalue weighted by atomic mass is 79.9. The van der Waals surface area contributed by atoms with Crippen LogP contribution in [0.3, 0.4) is 0 Å². The van der Waals surface area contributed by atoms with Crippen molar-refractivity contribution in [2.75, 3.05) is 0 Å². The predicted octanol–water partition coefficient (Wildman–Crippen LogP) is 3.01. The second kappa shape index (κ2) is 9.92. The molecule has 136 valence electrons. The highest BCUT2D eigenvalue weighted by Crippen LogP contribution is 2.16. The van der Waals surface area contributed by atoms with Crippen LogP contribution < -0.4 is 21.8 Å². The lowest BCUT2D eigenvalue weighted by molar-refractivity contribution is 1.000. The lowest BCUT2D eigenvalue weighted by atomic mass is 10.2. The van der Waals surface area contributed by atoms with Crippen molar-refractivity contribution < 1.29 is 0 Å². The molecule has 4 nitrogen and oxygen atoms in total. The van der Waals surface area contributed by atoms with E-state index in [4.69, 9.17) is 0 Å². The van der Waals surface area contributed by atoms with Crippen LogP contribution in [0.2, 0.25) is 0 Å². The van der Waals surface area contributed by atoms with Gasteiger partial charge in [-0.25, -0.2) is 0 Å². The fourth-order valence-electron chi connectivity index (χ4n) is 2.23. The van der Waals surface area contributed by atoms with E-state index in [1.54, 1.807) is 0 Å². The van der Waals surface area contributed by atoms with Gasteiger partial charge in [0.25, 0.3) is 11.1 Å². The third-order valence-corrected chi connectivity index (χ3v) is 5.13. The van der Waals surface area contributed by atoms with Crippen LogP contribution in [0.5, 0.6) is 0 Å². The van der Waals surface area contributed by atoms with Gasteiger partial charge in [-0.1, -0.05) is 60.7 Å². The number of aromatic amines is 2. The Kier molecular flexibility index (Phi) is 8.56. The molecule has 3 aromatic rings. The summed E-state index contributed by atoms with van der Waals surface area (Å²) in [5.74, 6) is 0. The number of nitrogens with one attached hydrogen (secondary N) is 2. The molecule has 0 fully saturated rings. The minimum atomic E-state index is -0.381. The van der Waals surface area contributed by atoms with Gasteiger partial charge in [0.05, 0.1) is 8.96 Å². The van der Waals surface area contributed by atoms with Gasteiger partial charge in [-0.15, -0.1) is 24.8 Å². The monoisotopic (exact) mass is 518 g/mol. The van der Waals surface area contributed by atoms with E-state index in [-0.39, 0.29) is 46.6 Å². The topological polar surface area (TPSA) is 65.7 Å². The summed E-state index contributed by atoms with van der Waals surface area (Å²) < 4.78 is 1.06. The average Bonchev–Trinajstić information content (AvgIpc) is 2.63. The van der Waals surface area contributed by atoms with E-state index < -0.39 is 0 Å². The van der Waals surface area contributed by atoms with Crippen molar-refractivity contribution >= 4 is 65.6 Å². The van der Waals surface area contributed by atoms with Gasteiger partial charge >= 0.3 is 0 Å². The Labute approximate surface area is 178 Å². The Morgan fingerprint density at radius 2 is 0.923 bits per heavy atom. The van der Waals surface area contributed by atoms with Crippen molar-refractivity contribution in [2.45, 2.75) is 0 Å². The van der Waals surface area contributed by atoms with E-state index in [9.17, 15) is 9.59 Å². The van der Waals surface area contributed by atoms with Gasteiger partial charge in [-0.2, -0.15) is 0 Å². The maximum Gasteiger partial charge on any atom is 0.273 e. The maximum atomic E-state index is 12.4. The number of rotatable bonds is 2. The Morgan fingerprint density at radius 3 is 1.23 bits per heavy atom. The van der Waals surface area contributed by atoms with Crippen LogP contribution in [0.1, 0.15) is 11.1 Å². The van der Waals surface area contributed by atoms with Crippen LogP contribution in [-0.4, -0.2) is 9.97 Å². The van der Waals surface area contributed by atoms with Gasteiger partial charge in [-0.3, -0.25) is 9.59 Å². The molecular formula is C18H14Br2Cl2N2O2. The Bertz CT molecular complexity index is 1020. The molecule has 0 atom stereocenters. The summed E-state index contributed by atoms with van der Waals surface area (Å²) in [7, 11) is 0. The maximum absolute atomic E-state index is 12.4. The van der Waals surface area contributed by atoms with Crippen LogP contribution >= 0.6 is 56.7 Å². The average molecular weight is 521 g/mol. The molecule has 0 unspecified atom stereocenters. The van der Waals surface area contributed by atoms with Crippen molar-refractivity contribution in [3.05, 3.63) is 103 Å². The van der Waals surface area contributed by atoms with E-state index >= 15 is 0 Å². The normalized spacial score (nSPS) is 12.4. The van der Waals surface area contributed by atoms with Crippen molar-refractivity contribution in [3.63, 3.8) is 0 Å². The van der Waals surface area contributed by atoms with Crippen LogP contribution in [0.15, 0.2) is 70.3 Å². The third kappa shape index (κ3) is 4.76. The van der Waals surface area contributed by atoms with Gasteiger partial charge in [0.15, 0.2) is 0 Å². The molecule has 0 bridgehead atoms. The van der Waals surface area contributed by atoms with Gasteiger partial charge < -0.3 is 9.97 Å². The molecule has 26 heavy (non-hydrogen) atoms. The van der Waals surface area contributed by atoms with E-state index in [0.29, 0.717) is 8.96 Å². The molecule has 0 aliphatic rings. The molecule has 1 aromatic heterocycles. The van der Waals surface area contributed by atoms with Crippen molar-refractivity contribution in [1.82, 2.24) is 9.97 Å². The van der Waals surface area contributed by atoms with Crippen LogP contribution in [0.4, 0.5) is 0 Å². The smallest absolute Gasteiger partial charge is 0.273 e. The van der Waals surface area contributed by atoms with Crippen molar-refractivity contribution in [3.8, 4) is 0 Å². The van der Waals surface area contributed by atoms with E-state index in [2.05, 4.69) is 41.8 Å². The highest BCUT2D eigenvalue weighted by Gasteiger charge is 2.06. The lowest BCUT2D eigenvalue weighted by Gasteiger charge is -2.01. The summed E-state index contributed by atoms with van der Waals surface area (Å²) in [6.45, 7) is 0. The molecule has 0 amide bonds. The molecule has 0 aliphatic heterocycles. The first-order chi connectivity index (χ1) is 11.6. The molecule has 2 N–H and O–H groups in total. The van der Waals surface area contributed by atoms with E-state index in [1.807, 2.05) is 60.7 Å². The fraction of sp³-hybridized carbons (Fsp3) is 0. The van der Waals surface area contributed by atoms with Crippen LogP contribution in [0.25, 0.3) is 8.96 Å². The van der Waals surface area contributed by atoms with Gasteiger partial charge in [0.2, 0.25) is 0 Å². The number of halogens is 4. The highest BCUT2D eigenvalue weighted by molar-refractivity contribution is 9.15. The first kappa shape index (κ1) is 22.4. The zero-order valence-electron chi connectivity index (χ0n) is 13.2. The Balaban J connectivity index is 0.00000169. The number of benzene rings is 2. The second-order valence-corrected chi connectivity index (χ2v) is 6.60. The van der Waals surface area contributed by atoms with E-state index in [0.717, 1.165) is 11.1 Å². The number of aromatic nitrogens is 2. The summed E-state index contributed by atoms with van der Waals surface area (Å²) in [4.78, 5) is 30.2. The van der Waals surface area contributed by atoms with E-state index in [1.165, 1.54) is 0 Å². The molecule has 8 heteroatoms. The quantitative estimate of drug-likeness (QED) is 0.545. The first-order valence-electron chi connectivity index (χ1n) is 7.11. The van der Waals surface area contributed by atoms with Crippen molar-refractivity contribution in [2.24, 2.45) is 0 Å². The van der Waals surface area contributed by atoms with Gasteiger partial charge in [-0.05, 0) is 43.0 Å². The van der Waals surface area contributed by atoms with Crippen LogP contribution in [-0.2, 0) is 0 Å². The summed E-state index contributed by atoms with van der Waals surface area (Å²) in [5.41, 5.74) is 0.844. The molecule has 0 spiro atoms. The minimum absolute atomic E-state index is 0. The molecule has 0 radical (unpaired) electrons. The molecule has 0 saturated carbocycles. The molecular weight excluding hydrogens is 507 g/mol. The summed E-state index contributed by atoms with van der Waals surface area (Å²) in [6.07, 6.45) is 0. The summed E-state index contributed by atoms with van der Waals surface area (Å²) in [6, 6.07) is 18.6. The fourth-order valence-corrected chi connectivity index (χ4v) is 3.32. The standard InChI is InChI=1S/C18H12Br2N2O2.2ClH/c19-13(11-7-3-1-4-8-11)15-17(23)22-16(18(24)21-15)14(20)12-9-5-2-6-10-12;;/h1-10H,(H,21,24)(H,22,23);2*1H/b15-13-,16-14-;;. The zero-order valence-corrected chi connectivity index (χ0v) is 18.0. The van der Waals surface area contributed by atoms with Gasteiger partial charge in [0.1, 0.15) is 10.7 Å².